The maximum Gasteiger partial charge on any atom is 0.192 e. The lowest BCUT2D eigenvalue weighted by Crippen LogP contribution is -2.05. The first-order chi connectivity index (χ1) is 12.2. The highest BCUT2D eigenvalue weighted by atomic mass is 79.9. The molecule has 0 aliphatic carbocycles. The zero-order valence-corrected chi connectivity index (χ0v) is 15.8. The Morgan fingerprint density at radius 1 is 1.16 bits per heavy atom. The molecule has 1 heterocycles. The second-order valence-corrected chi connectivity index (χ2v) is 7.15. The summed E-state index contributed by atoms with van der Waals surface area (Å²) in [6, 6.07) is 17.2. The van der Waals surface area contributed by atoms with Gasteiger partial charge >= 0.3 is 0 Å². The minimum atomic E-state index is 0.0720. The van der Waals surface area contributed by atoms with Gasteiger partial charge in [0.05, 0.1) is 5.75 Å². The number of rotatable bonds is 7. The quantitative estimate of drug-likeness (QED) is 0.315. The molecule has 4 nitrogen and oxygen atoms in total. The van der Waals surface area contributed by atoms with Gasteiger partial charge in [-0.3, -0.25) is 9.36 Å². The van der Waals surface area contributed by atoms with Gasteiger partial charge in [0.1, 0.15) is 0 Å². The Bertz CT molecular complexity index is 893. The second kappa shape index (κ2) is 8.27. The topological polar surface area (TPSA) is 47.8 Å². The van der Waals surface area contributed by atoms with Crippen molar-refractivity contribution >= 4 is 33.5 Å². The van der Waals surface area contributed by atoms with Crippen LogP contribution in [0.25, 0.3) is 11.4 Å². The molecule has 0 aliphatic rings. The van der Waals surface area contributed by atoms with E-state index in [9.17, 15) is 4.79 Å². The number of benzene rings is 2. The minimum Gasteiger partial charge on any atom is -0.298 e. The van der Waals surface area contributed by atoms with Crippen LogP contribution in [0.3, 0.4) is 0 Å². The number of allylic oxidation sites excluding steroid dienone is 1. The van der Waals surface area contributed by atoms with Crippen LogP contribution in [-0.4, -0.2) is 26.3 Å². The van der Waals surface area contributed by atoms with Crippen molar-refractivity contribution < 1.29 is 4.79 Å². The van der Waals surface area contributed by atoms with Crippen molar-refractivity contribution in [1.82, 2.24) is 14.8 Å². The number of hydrogen-bond donors (Lipinski definition) is 0. The van der Waals surface area contributed by atoms with Crippen molar-refractivity contribution in [2.45, 2.75) is 11.7 Å². The molecule has 0 unspecified atom stereocenters. The minimum absolute atomic E-state index is 0.0720. The Hall–Kier alpha value is -2.18. The number of thioether (sulfide) groups is 1. The fourth-order valence-electron chi connectivity index (χ4n) is 2.37. The first-order valence-electron chi connectivity index (χ1n) is 7.70. The summed E-state index contributed by atoms with van der Waals surface area (Å²) in [6.45, 7) is 4.39. The van der Waals surface area contributed by atoms with E-state index < -0.39 is 0 Å². The number of hydrogen-bond acceptors (Lipinski definition) is 4. The molecule has 0 saturated heterocycles. The summed E-state index contributed by atoms with van der Waals surface area (Å²) in [5.74, 6) is 1.15. The Labute approximate surface area is 159 Å². The predicted molar refractivity (Wildman–Crippen MR) is 105 cm³/mol. The average molecular weight is 414 g/mol. The summed E-state index contributed by atoms with van der Waals surface area (Å²) in [5, 5.41) is 9.28. The van der Waals surface area contributed by atoms with Gasteiger partial charge in [-0.15, -0.1) is 16.8 Å². The van der Waals surface area contributed by atoms with Gasteiger partial charge in [-0.2, -0.15) is 0 Å². The van der Waals surface area contributed by atoms with Crippen LogP contribution in [0.1, 0.15) is 10.4 Å². The lowest BCUT2D eigenvalue weighted by Gasteiger charge is -2.08. The van der Waals surface area contributed by atoms with Gasteiger partial charge in [-0.1, -0.05) is 76.2 Å². The zero-order valence-electron chi connectivity index (χ0n) is 13.4. The maximum atomic E-state index is 12.3. The van der Waals surface area contributed by atoms with Crippen LogP contribution in [0.15, 0.2) is 76.9 Å². The molecular formula is C19H16BrN3OS. The first kappa shape index (κ1) is 17.6. The van der Waals surface area contributed by atoms with E-state index in [1.54, 1.807) is 6.08 Å². The Kier molecular flexibility index (Phi) is 5.83. The molecular weight excluding hydrogens is 398 g/mol. The summed E-state index contributed by atoms with van der Waals surface area (Å²) in [4.78, 5) is 12.3. The summed E-state index contributed by atoms with van der Waals surface area (Å²) >= 11 is 4.87. The first-order valence-corrected chi connectivity index (χ1v) is 9.48. The number of halogens is 1. The van der Waals surface area contributed by atoms with E-state index in [0.717, 1.165) is 15.9 Å². The summed E-state index contributed by atoms with van der Waals surface area (Å²) in [6.07, 6.45) is 1.80. The highest BCUT2D eigenvalue weighted by molar-refractivity contribution is 9.10. The molecule has 2 aromatic carbocycles. The summed E-state index contributed by atoms with van der Waals surface area (Å²) < 4.78 is 2.95. The third kappa shape index (κ3) is 4.27. The summed E-state index contributed by atoms with van der Waals surface area (Å²) in [7, 11) is 0. The van der Waals surface area contributed by atoms with Gasteiger partial charge in [0.15, 0.2) is 16.8 Å². The van der Waals surface area contributed by atoms with Crippen LogP contribution < -0.4 is 0 Å². The molecule has 0 fully saturated rings. The molecule has 0 aliphatic heterocycles. The maximum absolute atomic E-state index is 12.3. The molecule has 0 N–H and O–H groups in total. The average Bonchev–Trinajstić information content (AvgIpc) is 3.03. The third-order valence-corrected chi connectivity index (χ3v) is 5.00. The van der Waals surface area contributed by atoms with E-state index in [0.29, 0.717) is 23.0 Å². The Balaban J connectivity index is 1.82. The van der Waals surface area contributed by atoms with Crippen molar-refractivity contribution in [2.24, 2.45) is 0 Å². The molecule has 0 saturated carbocycles. The normalized spacial score (nSPS) is 10.6. The molecule has 1 aromatic heterocycles. The van der Waals surface area contributed by atoms with Gasteiger partial charge in [0.25, 0.3) is 0 Å². The van der Waals surface area contributed by atoms with Crippen LogP contribution >= 0.6 is 27.7 Å². The standard InChI is InChI=1S/C19H16BrN3OS/c1-2-11-23-18(15-9-6-10-16(20)12-15)21-22-19(23)25-13-17(24)14-7-4-3-5-8-14/h2-10,12H,1,11,13H2. The fraction of sp³-hybridized carbons (Fsp3) is 0.105. The van der Waals surface area contributed by atoms with Gasteiger partial charge in [-0.25, -0.2) is 0 Å². The van der Waals surface area contributed by atoms with Crippen LogP contribution in [0.4, 0.5) is 0 Å². The zero-order chi connectivity index (χ0) is 17.6. The lowest BCUT2D eigenvalue weighted by atomic mass is 10.2. The van der Waals surface area contributed by atoms with Crippen molar-refractivity contribution in [3.63, 3.8) is 0 Å². The monoisotopic (exact) mass is 413 g/mol. The van der Waals surface area contributed by atoms with Gasteiger partial charge < -0.3 is 0 Å². The number of carbonyl (C=O) groups is 1. The Morgan fingerprint density at radius 2 is 1.96 bits per heavy atom. The van der Waals surface area contributed by atoms with Gasteiger partial charge in [0, 0.05) is 22.1 Å². The van der Waals surface area contributed by atoms with Crippen molar-refractivity contribution in [1.29, 1.82) is 0 Å². The Morgan fingerprint density at radius 3 is 2.68 bits per heavy atom. The molecule has 25 heavy (non-hydrogen) atoms. The largest absolute Gasteiger partial charge is 0.298 e. The van der Waals surface area contributed by atoms with Crippen molar-refractivity contribution in [3.05, 3.63) is 77.3 Å². The van der Waals surface area contributed by atoms with Crippen molar-refractivity contribution in [2.75, 3.05) is 5.75 Å². The van der Waals surface area contributed by atoms with Gasteiger partial charge in [0.2, 0.25) is 0 Å². The highest BCUT2D eigenvalue weighted by Crippen LogP contribution is 2.26. The highest BCUT2D eigenvalue weighted by Gasteiger charge is 2.15. The number of carbonyl (C=O) groups excluding carboxylic acids is 1. The second-order valence-electron chi connectivity index (χ2n) is 5.29. The molecule has 0 atom stereocenters. The molecule has 3 rings (SSSR count). The van der Waals surface area contributed by atoms with E-state index in [1.165, 1.54) is 11.8 Å². The van der Waals surface area contributed by atoms with Crippen LogP contribution in [-0.2, 0) is 6.54 Å². The molecule has 0 bridgehead atoms. The number of ketones is 1. The molecule has 3 aromatic rings. The van der Waals surface area contributed by atoms with E-state index in [-0.39, 0.29) is 5.78 Å². The number of aromatic nitrogens is 3. The third-order valence-electron chi connectivity index (χ3n) is 3.54. The predicted octanol–water partition coefficient (Wildman–Crippen LogP) is 4.87. The molecule has 0 spiro atoms. The van der Waals surface area contributed by atoms with Crippen molar-refractivity contribution in [3.8, 4) is 11.4 Å². The van der Waals surface area contributed by atoms with Crippen LogP contribution in [0, 0.1) is 0 Å². The van der Waals surface area contributed by atoms with E-state index >= 15 is 0 Å². The smallest absolute Gasteiger partial charge is 0.192 e. The molecule has 0 radical (unpaired) electrons. The summed E-state index contributed by atoms with van der Waals surface area (Å²) in [5.41, 5.74) is 1.67. The van der Waals surface area contributed by atoms with E-state index in [4.69, 9.17) is 0 Å². The molecule has 126 valence electrons. The SMILES string of the molecule is C=CCn1c(SCC(=O)c2ccccc2)nnc1-c1cccc(Br)c1. The fourth-order valence-corrected chi connectivity index (χ4v) is 3.61. The van der Waals surface area contributed by atoms with Crippen LogP contribution in [0.2, 0.25) is 0 Å². The number of Topliss-reactive ketones (excluding diaryl/α,β-unsaturated/α-hetero) is 1. The number of nitrogens with zero attached hydrogens (tertiary/aromatic N) is 3. The van der Waals surface area contributed by atoms with Gasteiger partial charge in [-0.05, 0) is 12.1 Å². The molecule has 0 amide bonds. The molecule has 6 heteroatoms. The van der Waals surface area contributed by atoms with E-state index in [1.807, 2.05) is 59.2 Å². The lowest BCUT2D eigenvalue weighted by molar-refractivity contribution is 0.102. The van der Waals surface area contributed by atoms with Crippen LogP contribution in [0.5, 0.6) is 0 Å². The van der Waals surface area contributed by atoms with E-state index in [2.05, 4.69) is 32.7 Å².